The third-order valence-electron chi connectivity index (χ3n) is 5.50. The Balaban J connectivity index is 1.83. The molecule has 0 aromatic carbocycles. The van der Waals surface area contributed by atoms with E-state index >= 15 is 0 Å². The van der Waals surface area contributed by atoms with Crippen LogP contribution in [0, 0.1) is 29.6 Å². The Kier molecular flexibility index (Phi) is 3.40. The predicted octanol–water partition coefficient (Wildman–Crippen LogP) is 4.97. The lowest BCUT2D eigenvalue weighted by Gasteiger charge is -2.49. The number of hydrogen-bond acceptors (Lipinski definition) is 0. The van der Waals surface area contributed by atoms with E-state index < -0.39 is 0 Å². The van der Waals surface area contributed by atoms with Crippen LogP contribution in [0.4, 0.5) is 0 Å². The van der Waals surface area contributed by atoms with Gasteiger partial charge in [-0.1, -0.05) is 44.1 Å². The first-order valence-corrected chi connectivity index (χ1v) is 7.71. The standard InChI is InChI=1S/C17H26/c1-2-7-13-12-14-8-3-4-9-16(14)17-11-6-5-10-15(13)17/h4-6,9,13-17H,2-3,7-8,10-12H2,1H3. The lowest BCUT2D eigenvalue weighted by molar-refractivity contribution is 0.0462. The van der Waals surface area contributed by atoms with Crippen molar-refractivity contribution in [1.82, 2.24) is 0 Å². The molecule has 0 nitrogen and oxygen atoms in total. The van der Waals surface area contributed by atoms with Gasteiger partial charge in [0.05, 0.1) is 0 Å². The lowest BCUT2D eigenvalue weighted by atomic mass is 9.56. The highest BCUT2D eigenvalue weighted by Crippen LogP contribution is 2.51. The third kappa shape index (κ3) is 2.11. The Hall–Kier alpha value is -0.520. The van der Waals surface area contributed by atoms with Gasteiger partial charge in [-0.2, -0.15) is 0 Å². The summed E-state index contributed by atoms with van der Waals surface area (Å²) in [6.07, 6.45) is 19.9. The maximum absolute atomic E-state index is 2.58. The molecule has 0 aromatic rings. The average molecular weight is 230 g/mol. The minimum atomic E-state index is 0.923. The fraction of sp³-hybridized carbons (Fsp3) is 0.765. The Labute approximate surface area is 106 Å². The van der Waals surface area contributed by atoms with Crippen LogP contribution in [-0.2, 0) is 0 Å². The summed E-state index contributed by atoms with van der Waals surface area (Å²) in [5, 5.41) is 0. The first-order chi connectivity index (χ1) is 8.40. The summed E-state index contributed by atoms with van der Waals surface area (Å²) in [4.78, 5) is 0. The van der Waals surface area contributed by atoms with Gasteiger partial charge in [0, 0.05) is 0 Å². The van der Waals surface area contributed by atoms with Crippen molar-refractivity contribution in [2.45, 2.75) is 51.9 Å². The van der Waals surface area contributed by atoms with Crippen molar-refractivity contribution < 1.29 is 0 Å². The van der Waals surface area contributed by atoms with Crippen LogP contribution in [0.5, 0.6) is 0 Å². The van der Waals surface area contributed by atoms with E-state index in [1.165, 1.54) is 44.9 Å². The molecule has 0 aromatic heterocycles. The van der Waals surface area contributed by atoms with Gasteiger partial charge in [-0.25, -0.2) is 0 Å². The average Bonchev–Trinajstić information content (AvgIpc) is 2.39. The molecule has 0 heteroatoms. The van der Waals surface area contributed by atoms with E-state index in [0.29, 0.717) is 0 Å². The van der Waals surface area contributed by atoms with Crippen LogP contribution in [0.1, 0.15) is 51.9 Å². The maximum atomic E-state index is 2.58. The van der Waals surface area contributed by atoms with Gasteiger partial charge in [-0.05, 0) is 61.7 Å². The molecule has 0 bridgehead atoms. The molecule has 3 rings (SSSR count). The summed E-state index contributed by atoms with van der Waals surface area (Å²) in [5.74, 6) is 4.95. The molecular formula is C17H26. The minimum Gasteiger partial charge on any atom is -0.0882 e. The molecule has 3 aliphatic rings. The van der Waals surface area contributed by atoms with Crippen molar-refractivity contribution in [2.24, 2.45) is 29.6 Å². The molecule has 0 aliphatic heterocycles. The topological polar surface area (TPSA) is 0 Å². The van der Waals surface area contributed by atoms with Gasteiger partial charge in [0.2, 0.25) is 0 Å². The van der Waals surface area contributed by atoms with Gasteiger partial charge in [0.15, 0.2) is 0 Å². The molecule has 0 saturated heterocycles. The summed E-state index contributed by atoms with van der Waals surface area (Å²) in [7, 11) is 0. The number of rotatable bonds is 2. The highest BCUT2D eigenvalue weighted by atomic mass is 14.5. The maximum Gasteiger partial charge on any atom is -0.0171 e. The van der Waals surface area contributed by atoms with E-state index in [0.717, 1.165) is 29.6 Å². The van der Waals surface area contributed by atoms with E-state index in [9.17, 15) is 0 Å². The van der Waals surface area contributed by atoms with Crippen molar-refractivity contribution >= 4 is 0 Å². The Morgan fingerprint density at radius 1 is 1.06 bits per heavy atom. The minimum absolute atomic E-state index is 0.923. The molecule has 0 heterocycles. The van der Waals surface area contributed by atoms with Gasteiger partial charge in [-0.15, -0.1) is 0 Å². The lowest BCUT2D eigenvalue weighted by Crippen LogP contribution is -2.41. The molecule has 0 N–H and O–H groups in total. The van der Waals surface area contributed by atoms with Gasteiger partial charge in [0.1, 0.15) is 0 Å². The highest BCUT2D eigenvalue weighted by molar-refractivity contribution is 5.09. The molecule has 3 aliphatic carbocycles. The second-order valence-corrected chi connectivity index (χ2v) is 6.40. The van der Waals surface area contributed by atoms with Crippen LogP contribution in [0.3, 0.4) is 0 Å². The third-order valence-corrected chi connectivity index (χ3v) is 5.50. The van der Waals surface area contributed by atoms with Crippen LogP contribution < -0.4 is 0 Å². The summed E-state index contributed by atoms with van der Waals surface area (Å²) in [6, 6.07) is 0. The van der Waals surface area contributed by atoms with Crippen LogP contribution in [0.2, 0.25) is 0 Å². The number of allylic oxidation sites excluding steroid dienone is 4. The van der Waals surface area contributed by atoms with Crippen molar-refractivity contribution in [1.29, 1.82) is 0 Å². The first kappa shape index (κ1) is 11.6. The molecule has 0 amide bonds. The normalized spacial score (nSPS) is 44.2. The second-order valence-electron chi connectivity index (χ2n) is 6.40. The molecule has 1 saturated carbocycles. The summed E-state index contributed by atoms with van der Waals surface area (Å²) in [5.41, 5.74) is 0. The Morgan fingerprint density at radius 3 is 2.71 bits per heavy atom. The summed E-state index contributed by atoms with van der Waals surface area (Å²) < 4.78 is 0. The molecule has 0 radical (unpaired) electrons. The molecular weight excluding hydrogens is 204 g/mol. The molecule has 17 heavy (non-hydrogen) atoms. The van der Waals surface area contributed by atoms with Crippen LogP contribution in [-0.4, -0.2) is 0 Å². The van der Waals surface area contributed by atoms with Gasteiger partial charge in [-0.3, -0.25) is 0 Å². The van der Waals surface area contributed by atoms with Gasteiger partial charge < -0.3 is 0 Å². The van der Waals surface area contributed by atoms with Crippen molar-refractivity contribution in [3.8, 4) is 0 Å². The van der Waals surface area contributed by atoms with E-state index in [1.807, 2.05) is 0 Å². The molecule has 5 atom stereocenters. The van der Waals surface area contributed by atoms with Crippen LogP contribution in [0.25, 0.3) is 0 Å². The van der Waals surface area contributed by atoms with Crippen LogP contribution >= 0.6 is 0 Å². The fourth-order valence-electron chi connectivity index (χ4n) is 4.79. The first-order valence-electron chi connectivity index (χ1n) is 7.71. The molecule has 5 unspecified atom stereocenters. The summed E-state index contributed by atoms with van der Waals surface area (Å²) >= 11 is 0. The van der Waals surface area contributed by atoms with Gasteiger partial charge in [0.25, 0.3) is 0 Å². The quantitative estimate of drug-likeness (QED) is 0.587. The van der Waals surface area contributed by atoms with Gasteiger partial charge >= 0.3 is 0 Å². The smallest absolute Gasteiger partial charge is 0.0171 e. The molecule has 1 fully saturated rings. The molecule has 0 spiro atoms. The zero-order valence-electron chi connectivity index (χ0n) is 11.1. The van der Waals surface area contributed by atoms with E-state index in [1.54, 1.807) is 0 Å². The zero-order valence-corrected chi connectivity index (χ0v) is 11.1. The fourth-order valence-corrected chi connectivity index (χ4v) is 4.79. The Morgan fingerprint density at radius 2 is 1.88 bits per heavy atom. The summed E-state index contributed by atoms with van der Waals surface area (Å²) in [6.45, 7) is 2.36. The van der Waals surface area contributed by atoms with Crippen molar-refractivity contribution in [3.05, 3.63) is 24.3 Å². The SMILES string of the molecule is CCCC1CC2CCC=CC2C2CC=CCC12. The Bertz CT molecular complexity index is 312. The number of fused-ring (bicyclic) bond motifs is 3. The van der Waals surface area contributed by atoms with Crippen LogP contribution in [0.15, 0.2) is 24.3 Å². The van der Waals surface area contributed by atoms with Crippen molar-refractivity contribution in [2.75, 3.05) is 0 Å². The number of hydrogen-bond donors (Lipinski definition) is 0. The van der Waals surface area contributed by atoms with Crippen molar-refractivity contribution in [3.63, 3.8) is 0 Å². The molecule has 94 valence electrons. The largest absolute Gasteiger partial charge is 0.0882 e. The predicted molar refractivity (Wildman–Crippen MR) is 73.7 cm³/mol. The second kappa shape index (κ2) is 5.00. The monoisotopic (exact) mass is 230 g/mol. The highest BCUT2D eigenvalue weighted by Gasteiger charge is 2.43. The zero-order chi connectivity index (χ0) is 11.7. The van der Waals surface area contributed by atoms with E-state index in [2.05, 4.69) is 31.2 Å². The van der Waals surface area contributed by atoms with E-state index in [-0.39, 0.29) is 0 Å². The van der Waals surface area contributed by atoms with E-state index in [4.69, 9.17) is 0 Å².